The van der Waals surface area contributed by atoms with E-state index in [0.29, 0.717) is 29.3 Å². The molecule has 148 valence electrons. The number of alkyl halides is 3. The zero-order chi connectivity index (χ0) is 20.1. The van der Waals surface area contributed by atoms with E-state index >= 15 is 0 Å². The highest BCUT2D eigenvalue weighted by Gasteiger charge is 2.34. The first-order valence-electron chi connectivity index (χ1n) is 9.24. The first-order valence-corrected chi connectivity index (χ1v) is 9.24. The highest BCUT2D eigenvalue weighted by atomic mass is 19.4. The number of fused-ring (bicyclic) bond motifs is 1. The number of halogens is 3. The second-order valence-corrected chi connectivity index (χ2v) is 7.17. The molecule has 2 aromatic carbocycles. The van der Waals surface area contributed by atoms with Crippen molar-refractivity contribution in [2.75, 3.05) is 11.4 Å². The van der Waals surface area contributed by atoms with Crippen molar-refractivity contribution in [3.8, 4) is 16.9 Å². The molecular formula is C21H20F3NO3. The number of amides is 1. The van der Waals surface area contributed by atoms with Crippen molar-refractivity contribution in [3.05, 3.63) is 47.0 Å². The Hall–Kier alpha value is -2.70. The van der Waals surface area contributed by atoms with Gasteiger partial charge >= 0.3 is 12.5 Å². The van der Waals surface area contributed by atoms with Gasteiger partial charge in [0.2, 0.25) is 0 Å². The van der Waals surface area contributed by atoms with Gasteiger partial charge in [0.1, 0.15) is 12.4 Å². The normalized spacial score (nSPS) is 16.6. The Morgan fingerprint density at radius 2 is 1.93 bits per heavy atom. The minimum Gasteiger partial charge on any atom is -0.444 e. The monoisotopic (exact) mass is 391 g/mol. The van der Waals surface area contributed by atoms with Gasteiger partial charge in [0.25, 0.3) is 0 Å². The van der Waals surface area contributed by atoms with Crippen LogP contribution in [0.25, 0.3) is 11.1 Å². The van der Waals surface area contributed by atoms with Crippen LogP contribution in [0.4, 0.5) is 23.7 Å². The van der Waals surface area contributed by atoms with Crippen LogP contribution in [0.2, 0.25) is 0 Å². The van der Waals surface area contributed by atoms with Crippen LogP contribution < -0.4 is 9.64 Å². The highest BCUT2D eigenvalue weighted by Crippen LogP contribution is 2.45. The summed E-state index contributed by atoms with van der Waals surface area (Å²) in [6, 6.07) is 8.50. The fraction of sp³-hybridized carbons (Fsp3) is 0.381. The third-order valence-corrected chi connectivity index (χ3v) is 5.17. The van der Waals surface area contributed by atoms with Crippen LogP contribution in [0, 0.1) is 6.92 Å². The van der Waals surface area contributed by atoms with Crippen molar-refractivity contribution in [3.63, 3.8) is 0 Å². The summed E-state index contributed by atoms with van der Waals surface area (Å²) in [6.45, 7) is 4.22. The lowest BCUT2D eigenvalue weighted by Crippen LogP contribution is -2.35. The molecule has 0 atom stereocenters. The number of aryl methyl sites for hydroxylation is 1. The molecule has 0 spiro atoms. The molecule has 0 unspecified atom stereocenters. The summed E-state index contributed by atoms with van der Waals surface area (Å²) < 4.78 is 48.4. The molecule has 0 saturated heterocycles. The number of ether oxygens (including phenoxy) is 2. The van der Waals surface area contributed by atoms with Crippen molar-refractivity contribution in [2.24, 2.45) is 0 Å². The number of benzene rings is 2. The SMILES string of the molecule is CCN1C(=O)OCc2cc(C)c(-c3cc(C4CC4)ccc3OC(F)(F)F)cc21. The summed E-state index contributed by atoms with van der Waals surface area (Å²) in [5, 5.41) is 0. The Bertz CT molecular complexity index is 935. The Balaban J connectivity index is 1.87. The molecule has 0 aromatic heterocycles. The first-order chi connectivity index (χ1) is 13.3. The summed E-state index contributed by atoms with van der Waals surface area (Å²) >= 11 is 0. The minimum atomic E-state index is -4.78. The van der Waals surface area contributed by atoms with E-state index in [-0.39, 0.29) is 12.4 Å². The number of hydrogen-bond acceptors (Lipinski definition) is 3. The van der Waals surface area contributed by atoms with Crippen molar-refractivity contribution in [1.82, 2.24) is 0 Å². The van der Waals surface area contributed by atoms with Crippen LogP contribution in [-0.2, 0) is 11.3 Å². The zero-order valence-electron chi connectivity index (χ0n) is 15.6. The summed E-state index contributed by atoms with van der Waals surface area (Å²) in [4.78, 5) is 13.5. The second-order valence-electron chi connectivity index (χ2n) is 7.17. The first kappa shape index (κ1) is 18.7. The van der Waals surface area contributed by atoms with Gasteiger partial charge in [-0.15, -0.1) is 13.2 Å². The molecule has 0 bridgehead atoms. The summed E-state index contributed by atoms with van der Waals surface area (Å²) in [6.07, 6.45) is -3.16. The Kier molecular flexibility index (Phi) is 4.48. The molecule has 1 amide bonds. The molecule has 2 aromatic rings. The summed E-state index contributed by atoms with van der Waals surface area (Å²) in [7, 11) is 0. The molecule has 0 radical (unpaired) electrons. The predicted octanol–water partition coefficient (Wildman–Crippen LogP) is 5.91. The van der Waals surface area contributed by atoms with E-state index in [1.807, 2.05) is 19.9 Å². The highest BCUT2D eigenvalue weighted by molar-refractivity contribution is 5.92. The maximum absolute atomic E-state index is 13.0. The van der Waals surface area contributed by atoms with Gasteiger partial charge in [-0.25, -0.2) is 4.79 Å². The van der Waals surface area contributed by atoms with Crippen LogP contribution in [0.15, 0.2) is 30.3 Å². The molecule has 1 fully saturated rings. The molecule has 1 aliphatic carbocycles. The maximum Gasteiger partial charge on any atom is 0.573 e. The van der Waals surface area contributed by atoms with E-state index in [1.165, 1.54) is 11.0 Å². The van der Waals surface area contributed by atoms with E-state index in [9.17, 15) is 18.0 Å². The van der Waals surface area contributed by atoms with Crippen LogP contribution in [0.3, 0.4) is 0 Å². The van der Waals surface area contributed by atoms with Crippen LogP contribution in [-0.4, -0.2) is 19.0 Å². The molecule has 2 aliphatic rings. The number of nitrogens with zero attached hydrogens (tertiary/aromatic N) is 1. The lowest BCUT2D eigenvalue weighted by Gasteiger charge is -2.29. The third kappa shape index (κ3) is 3.53. The van der Waals surface area contributed by atoms with Crippen molar-refractivity contribution < 1.29 is 27.4 Å². The molecular weight excluding hydrogens is 371 g/mol. The van der Waals surface area contributed by atoms with Gasteiger partial charge in [0, 0.05) is 17.7 Å². The van der Waals surface area contributed by atoms with Crippen molar-refractivity contribution in [2.45, 2.75) is 45.6 Å². The van der Waals surface area contributed by atoms with Crippen molar-refractivity contribution >= 4 is 11.8 Å². The minimum absolute atomic E-state index is 0.153. The number of carbonyl (C=O) groups excluding carboxylic acids is 1. The molecule has 0 N–H and O–H groups in total. The lowest BCUT2D eigenvalue weighted by atomic mass is 9.93. The Morgan fingerprint density at radius 3 is 2.57 bits per heavy atom. The number of cyclic esters (lactones) is 1. The van der Waals surface area contributed by atoms with E-state index < -0.39 is 12.5 Å². The molecule has 1 heterocycles. The van der Waals surface area contributed by atoms with E-state index in [2.05, 4.69) is 4.74 Å². The Labute approximate surface area is 160 Å². The molecule has 4 nitrogen and oxygen atoms in total. The van der Waals surface area contributed by atoms with E-state index in [1.54, 1.807) is 18.2 Å². The smallest absolute Gasteiger partial charge is 0.444 e. The standard InChI is InChI=1S/C21H20F3NO3/c1-3-25-18-10-16(12(2)8-15(18)11-27-20(25)26)17-9-14(13-4-5-13)6-7-19(17)28-21(22,23)24/h6-10,13H,3-5,11H2,1-2H3. The van der Waals surface area contributed by atoms with E-state index in [0.717, 1.165) is 29.5 Å². The van der Waals surface area contributed by atoms with Gasteiger partial charge in [-0.1, -0.05) is 6.07 Å². The fourth-order valence-corrected chi connectivity index (χ4v) is 3.67. The molecule has 1 saturated carbocycles. The zero-order valence-corrected chi connectivity index (χ0v) is 15.6. The molecule has 7 heteroatoms. The van der Waals surface area contributed by atoms with Crippen LogP contribution in [0.5, 0.6) is 5.75 Å². The quantitative estimate of drug-likeness (QED) is 0.650. The van der Waals surface area contributed by atoms with Gasteiger partial charge in [0.15, 0.2) is 0 Å². The predicted molar refractivity (Wildman–Crippen MR) is 98.5 cm³/mol. The number of rotatable bonds is 4. The largest absolute Gasteiger partial charge is 0.573 e. The van der Waals surface area contributed by atoms with Gasteiger partial charge < -0.3 is 9.47 Å². The Morgan fingerprint density at radius 1 is 1.18 bits per heavy atom. The molecule has 1 aliphatic heterocycles. The third-order valence-electron chi connectivity index (χ3n) is 5.17. The number of anilines is 1. The molecule has 28 heavy (non-hydrogen) atoms. The van der Waals surface area contributed by atoms with Crippen LogP contribution >= 0.6 is 0 Å². The maximum atomic E-state index is 13.0. The average molecular weight is 391 g/mol. The van der Waals surface area contributed by atoms with Crippen LogP contribution in [0.1, 0.15) is 42.4 Å². The molecule has 4 rings (SSSR count). The summed E-state index contributed by atoms with van der Waals surface area (Å²) in [5.41, 5.74) is 4.31. The van der Waals surface area contributed by atoms with Gasteiger partial charge in [0.05, 0.1) is 5.69 Å². The fourth-order valence-electron chi connectivity index (χ4n) is 3.67. The van der Waals surface area contributed by atoms with E-state index in [4.69, 9.17) is 4.74 Å². The average Bonchev–Trinajstić information content (AvgIpc) is 3.46. The van der Waals surface area contributed by atoms with Gasteiger partial charge in [-0.3, -0.25) is 4.90 Å². The second kappa shape index (κ2) is 6.72. The summed E-state index contributed by atoms with van der Waals surface area (Å²) in [5.74, 6) is 0.153. The van der Waals surface area contributed by atoms with Gasteiger partial charge in [-0.2, -0.15) is 0 Å². The lowest BCUT2D eigenvalue weighted by molar-refractivity contribution is -0.274. The topological polar surface area (TPSA) is 38.8 Å². The number of hydrogen-bond donors (Lipinski definition) is 0. The van der Waals surface area contributed by atoms with Crippen molar-refractivity contribution in [1.29, 1.82) is 0 Å². The number of carbonyl (C=O) groups is 1. The van der Waals surface area contributed by atoms with Gasteiger partial charge in [-0.05, 0) is 73.6 Å².